The molecule has 3 aromatic carbocycles. The smallest absolute Gasteiger partial charge is 0.318 e. The lowest BCUT2D eigenvalue weighted by Crippen LogP contribution is -2.41. The van der Waals surface area contributed by atoms with Crippen LogP contribution in [0.15, 0.2) is 97.2 Å². The molecule has 0 saturated heterocycles. The van der Waals surface area contributed by atoms with Gasteiger partial charge < -0.3 is 24.3 Å². The van der Waals surface area contributed by atoms with Crippen LogP contribution in [0.25, 0.3) is 11.5 Å². The van der Waals surface area contributed by atoms with Crippen LogP contribution in [0.4, 0.5) is 4.79 Å². The number of rotatable bonds is 7. The first-order chi connectivity index (χ1) is 20.1. The van der Waals surface area contributed by atoms with E-state index in [0.717, 1.165) is 57.5 Å². The first kappa shape index (κ1) is 26.3. The second kappa shape index (κ2) is 11.3. The number of carbonyl (C=O) groups excluding carboxylic acids is 1. The van der Waals surface area contributed by atoms with E-state index in [1.54, 1.807) is 14.2 Å². The molecule has 41 heavy (non-hydrogen) atoms. The number of nitrogens with one attached hydrogen (secondary N) is 1. The lowest BCUT2D eigenvalue weighted by molar-refractivity contribution is 0.180. The van der Waals surface area contributed by atoms with Gasteiger partial charge in [-0.15, -0.1) is 0 Å². The van der Waals surface area contributed by atoms with Crippen LogP contribution < -0.4 is 14.8 Å². The molecule has 0 spiro atoms. The topological polar surface area (TPSA) is 73.6 Å². The summed E-state index contributed by atoms with van der Waals surface area (Å²) in [6.45, 7) is 2.86. The Labute approximate surface area is 239 Å². The third-order valence-corrected chi connectivity index (χ3v) is 7.55. The lowest BCUT2D eigenvalue weighted by atomic mass is 10.0. The summed E-state index contributed by atoms with van der Waals surface area (Å²) in [5.74, 6) is 2.44. The first-order valence-electron chi connectivity index (χ1n) is 13.8. The van der Waals surface area contributed by atoms with Crippen molar-refractivity contribution in [3.8, 4) is 23.0 Å². The molecule has 5 aromatic rings. The molecule has 2 amide bonds. The van der Waals surface area contributed by atoms with Gasteiger partial charge in [0.25, 0.3) is 0 Å². The lowest BCUT2D eigenvalue weighted by Gasteiger charge is -2.31. The van der Waals surface area contributed by atoms with Crippen LogP contribution >= 0.6 is 0 Å². The minimum absolute atomic E-state index is 0.171. The molecule has 2 aromatic heterocycles. The Hall–Kier alpha value is -4.98. The molecular weight excluding hydrogens is 514 g/mol. The van der Waals surface area contributed by atoms with Gasteiger partial charge in [-0.2, -0.15) is 5.10 Å². The van der Waals surface area contributed by atoms with Crippen molar-refractivity contribution in [1.82, 2.24) is 24.6 Å². The predicted molar refractivity (Wildman–Crippen MR) is 158 cm³/mol. The van der Waals surface area contributed by atoms with Crippen molar-refractivity contribution in [3.05, 3.63) is 125 Å². The zero-order chi connectivity index (χ0) is 28.3. The van der Waals surface area contributed by atoms with E-state index in [4.69, 9.17) is 14.6 Å². The number of nitrogens with zero attached hydrogens (tertiary/aromatic N) is 4. The molecule has 1 aliphatic heterocycles. The first-order valence-corrected chi connectivity index (χ1v) is 13.8. The summed E-state index contributed by atoms with van der Waals surface area (Å²) in [5.41, 5.74) is 5.84. The van der Waals surface area contributed by atoms with Gasteiger partial charge in [0.05, 0.1) is 43.9 Å². The van der Waals surface area contributed by atoms with Crippen LogP contribution in [0.2, 0.25) is 0 Å². The summed E-state index contributed by atoms with van der Waals surface area (Å²) in [5, 5.41) is 8.21. The van der Waals surface area contributed by atoms with Crippen molar-refractivity contribution in [2.75, 3.05) is 14.2 Å². The van der Waals surface area contributed by atoms with E-state index >= 15 is 0 Å². The maximum Gasteiger partial charge on any atom is 0.318 e. The Bertz CT molecular complexity index is 1670. The largest absolute Gasteiger partial charge is 0.497 e. The van der Waals surface area contributed by atoms with E-state index in [1.807, 2.05) is 82.4 Å². The number of benzene rings is 3. The number of methoxy groups -OCH3 is 2. The highest BCUT2D eigenvalue weighted by Crippen LogP contribution is 2.39. The van der Waals surface area contributed by atoms with E-state index < -0.39 is 0 Å². The van der Waals surface area contributed by atoms with Crippen molar-refractivity contribution in [2.24, 2.45) is 0 Å². The van der Waals surface area contributed by atoms with Crippen molar-refractivity contribution in [2.45, 2.75) is 32.5 Å². The molecule has 0 radical (unpaired) electrons. The molecular formula is C33H33N5O3. The van der Waals surface area contributed by atoms with Gasteiger partial charge in [0.1, 0.15) is 17.3 Å². The summed E-state index contributed by atoms with van der Waals surface area (Å²) in [4.78, 5) is 16.1. The fraction of sp³-hybridized carbons (Fsp3) is 0.212. The summed E-state index contributed by atoms with van der Waals surface area (Å²) >= 11 is 0. The zero-order valence-electron chi connectivity index (χ0n) is 23.4. The standard InChI is InChI=1S/C33H33N5O3/c1-4-29-28-22-37(33(39)34-21-23-11-8-15-26(19-23)40-2)31(24-12-9-16-27(20-24)41-3)30-17-10-18-36(30)32(28)38(35-29)25-13-6-5-7-14-25/h5-20,31H,4,21-22H2,1-3H3,(H,34,39). The van der Waals surface area contributed by atoms with Crippen molar-refractivity contribution in [1.29, 1.82) is 0 Å². The van der Waals surface area contributed by atoms with Crippen molar-refractivity contribution >= 4 is 6.03 Å². The maximum absolute atomic E-state index is 14.2. The number of urea groups is 1. The van der Waals surface area contributed by atoms with Crippen LogP contribution in [0.5, 0.6) is 11.5 Å². The number of fused-ring (bicyclic) bond motifs is 3. The molecule has 1 atom stereocenters. The Morgan fingerprint density at radius 3 is 2.44 bits per heavy atom. The minimum Gasteiger partial charge on any atom is -0.497 e. The molecule has 6 rings (SSSR count). The highest BCUT2D eigenvalue weighted by molar-refractivity contribution is 5.76. The minimum atomic E-state index is -0.369. The third-order valence-electron chi connectivity index (χ3n) is 7.55. The number of ether oxygens (including phenoxy) is 2. The number of carbonyl (C=O) groups is 1. The number of hydrogen-bond donors (Lipinski definition) is 1. The molecule has 1 unspecified atom stereocenters. The Kier molecular flexibility index (Phi) is 7.20. The highest BCUT2D eigenvalue weighted by Gasteiger charge is 2.36. The summed E-state index contributed by atoms with van der Waals surface area (Å²) in [6, 6.07) is 29.4. The van der Waals surface area contributed by atoms with Gasteiger partial charge in [-0.05, 0) is 66.1 Å². The van der Waals surface area contributed by atoms with E-state index in [9.17, 15) is 4.79 Å². The van der Waals surface area contributed by atoms with Gasteiger partial charge in [0.2, 0.25) is 0 Å². The quantitative estimate of drug-likeness (QED) is 0.269. The van der Waals surface area contributed by atoms with Gasteiger partial charge >= 0.3 is 6.03 Å². The number of aromatic nitrogens is 3. The molecule has 0 fully saturated rings. The molecule has 8 heteroatoms. The van der Waals surface area contributed by atoms with Gasteiger partial charge in [-0.25, -0.2) is 9.48 Å². The highest BCUT2D eigenvalue weighted by atomic mass is 16.5. The third kappa shape index (κ3) is 4.93. The summed E-state index contributed by atoms with van der Waals surface area (Å²) in [7, 11) is 3.30. The van der Waals surface area contributed by atoms with Gasteiger partial charge in [-0.3, -0.25) is 0 Å². The molecule has 0 saturated carbocycles. The fourth-order valence-corrected chi connectivity index (χ4v) is 5.57. The molecule has 0 bridgehead atoms. The van der Waals surface area contributed by atoms with Crippen molar-refractivity contribution in [3.63, 3.8) is 0 Å². The zero-order valence-corrected chi connectivity index (χ0v) is 23.4. The average Bonchev–Trinajstić information content (AvgIpc) is 3.61. The number of aryl methyl sites for hydroxylation is 1. The summed E-state index contributed by atoms with van der Waals surface area (Å²) < 4.78 is 15.1. The number of hydrogen-bond acceptors (Lipinski definition) is 4. The van der Waals surface area contributed by atoms with E-state index in [1.165, 1.54) is 0 Å². The molecule has 208 valence electrons. The van der Waals surface area contributed by atoms with Gasteiger partial charge in [0.15, 0.2) is 0 Å². The van der Waals surface area contributed by atoms with Crippen LogP contribution in [0.1, 0.15) is 41.0 Å². The Morgan fingerprint density at radius 1 is 0.927 bits per heavy atom. The van der Waals surface area contributed by atoms with Crippen LogP contribution in [0.3, 0.4) is 0 Å². The van der Waals surface area contributed by atoms with Gasteiger partial charge in [-0.1, -0.05) is 49.4 Å². The molecule has 1 aliphatic rings. The molecule has 1 N–H and O–H groups in total. The summed E-state index contributed by atoms with van der Waals surface area (Å²) in [6.07, 6.45) is 2.79. The molecule has 8 nitrogen and oxygen atoms in total. The maximum atomic E-state index is 14.2. The van der Waals surface area contributed by atoms with E-state index in [2.05, 4.69) is 41.2 Å². The number of amides is 2. The SMILES string of the molecule is CCc1nn(-c2ccccc2)c2c1CN(C(=O)NCc1cccc(OC)c1)C(c1cccc(OC)c1)c1cccn1-2. The van der Waals surface area contributed by atoms with Crippen LogP contribution in [0, 0.1) is 0 Å². The second-order valence-corrected chi connectivity index (χ2v) is 9.97. The van der Waals surface area contributed by atoms with E-state index in [-0.39, 0.29) is 12.1 Å². The van der Waals surface area contributed by atoms with Crippen LogP contribution in [-0.4, -0.2) is 39.5 Å². The monoisotopic (exact) mass is 547 g/mol. The molecule has 0 aliphatic carbocycles. The Balaban J connectivity index is 1.48. The Morgan fingerprint density at radius 2 is 1.68 bits per heavy atom. The van der Waals surface area contributed by atoms with Crippen LogP contribution in [-0.2, 0) is 19.5 Å². The van der Waals surface area contributed by atoms with Gasteiger partial charge in [0, 0.05) is 18.3 Å². The molecule has 3 heterocycles. The average molecular weight is 548 g/mol. The predicted octanol–water partition coefficient (Wildman–Crippen LogP) is 6.06. The number of para-hydroxylation sites is 1. The van der Waals surface area contributed by atoms with Crippen molar-refractivity contribution < 1.29 is 14.3 Å². The van der Waals surface area contributed by atoms with E-state index in [0.29, 0.717) is 13.1 Å². The normalized spacial score (nSPS) is 14.1. The second-order valence-electron chi connectivity index (χ2n) is 9.97. The fourth-order valence-electron chi connectivity index (χ4n) is 5.57.